The summed E-state index contributed by atoms with van der Waals surface area (Å²) in [5, 5.41) is 2.65. The summed E-state index contributed by atoms with van der Waals surface area (Å²) in [6.45, 7) is 3.73. The lowest BCUT2D eigenvalue weighted by molar-refractivity contribution is -0.124. The van der Waals surface area contributed by atoms with Gasteiger partial charge in [0.2, 0.25) is 15.9 Å². The van der Waals surface area contributed by atoms with Gasteiger partial charge in [0.25, 0.3) is 0 Å². The fourth-order valence-corrected chi connectivity index (χ4v) is 3.40. The smallest absolute Gasteiger partial charge is 0.233 e. The molecule has 0 bridgehead atoms. The van der Waals surface area contributed by atoms with E-state index in [0.29, 0.717) is 11.4 Å². The van der Waals surface area contributed by atoms with E-state index in [9.17, 15) is 13.2 Å². The molecule has 124 valence electrons. The molecular formula is C16H20N2O4S. The Bertz CT molecular complexity index is 737. The zero-order valence-electron chi connectivity index (χ0n) is 13.1. The number of sulfonamides is 1. The van der Waals surface area contributed by atoms with Gasteiger partial charge >= 0.3 is 0 Å². The van der Waals surface area contributed by atoms with Crippen LogP contribution in [0.3, 0.4) is 0 Å². The molecule has 2 rings (SSSR count). The molecule has 1 unspecified atom stereocenters. The van der Waals surface area contributed by atoms with Gasteiger partial charge in [-0.15, -0.1) is 0 Å². The van der Waals surface area contributed by atoms with Crippen LogP contribution in [-0.2, 0) is 21.4 Å². The van der Waals surface area contributed by atoms with E-state index in [-0.39, 0.29) is 18.2 Å². The lowest BCUT2D eigenvalue weighted by Crippen LogP contribution is -2.34. The third-order valence-electron chi connectivity index (χ3n) is 3.26. The van der Waals surface area contributed by atoms with Crippen LogP contribution in [0.25, 0.3) is 0 Å². The van der Waals surface area contributed by atoms with Crippen molar-refractivity contribution in [3.8, 4) is 0 Å². The fourth-order valence-electron chi connectivity index (χ4n) is 2.01. The third kappa shape index (κ3) is 5.45. The predicted octanol–water partition coefficient (Wildman–Crippen LogP) is 2.28. The lowest BCUT2D eigenvalue weighted by atomic mass is 10.2. The second-order valence-corrected chi connectivity index (χ2v) is 7.21. The Morgan fingerprint density at radius 3 is 2.52 bits per heavy atom. The van der Waals surface area contributed by atoms with Crippen LogP contribution in [0, 0.1) is 12.8 Å². The minimum absolute atomic E-state index is 0.238. The van der Waals surface area contributed by atoms with Gasteiger partial charge in [-0.05, 0) is 31.2 Å². The predicted molar refractivity (Wildman–Crippen MR) is 88.3 cm³/mol. The Morgan fingerprint density at radius 2 is 1.91 bits per heavy atom. The van der Waals surface area contributed by atoms with Crippen molar-refractivity contribution in [3.05, 3.63) is 54.0 Å². The SMILES string of the molecule is Cc1ccc(NS(=O)(=O)CC(C)C(=O)NCc2ccco2)cc1. The highest BCUT2D eigenvalue weighted by atomic mass is 32.2. The molecule has 6 nitrogen and oxygen atoms in total. The van der Waals surface area contributed by atoms with E-state index >= 15 is 0 Å². The topological polar surface area (TPSA) is 88.4 Å². The zero-order valence-corrected chi connectivity index (χ0v) is 13.9. The first-order valence-corrected chi connectivity index (χ1v) is 8.88. The maximum Gasteiger partial charge on any atom is 0.233 e. The molecule has 7 heteroatoms. The van der Waals surface area contributed by atoms with E-state index in [4.69, 9.17) is 4.42 Å². The zero-order chi connectivity index (χ0) is 16.9. The van der Waals surface area contributed by atoms with E-state index < -0.39 is 15.9 Å². The lowest BCUT2D eigenvalue weighted by Gasteiger charge is -2.13. The quantitative estimate of drug-likeness (QED) is 0.812. The van der Waals surface area contributed by atoms with Crippen molar-refractivity contribution in [2.45, 2.75) is 20.4 Å². The summed E-state index contributed by atoms with van der Waals surface area (Å²) in [4.78, 5) is 12.0. The van der Waals surface area contributed by atoms with Gasteiger partial charge in [-0.3, -0.25) is 9.52 Å². The molecule has 1 heterocycles. The first kappa shape index (κ1) is 17.1. The first-order chi connectivity index (χ1) is 10.9. The van der Waals surface area contributed by atoms with Crippen LogP contribution in [0.15, 0.2) is 47.1 Å². The van der Waals surface area contributed by atoms with Crippen molar-refractivity contribution in [2.75, 3.05) is 10.5 Å². The van der Waals surface area contributed by atoms with E-state index in [1.54, 1.807) is 31.2 Å². The molecule has 0 radical (unpaired) electrons. The fraction of sp³-hybridized carbons (Fsp3) is 0.312. The van der Waals surface area contributed by atoms with Gasteiger partial charge in [0.1, 0.15) is 5.76 Å². The van der Waals surface area contributed by atoms with Gasteiger partial charge in [0.15, 0.2) is 0 Å². The monoisotopic (exact) mass is 336 g/mol. The molecule has 1 aromatic carbocycles. The third-order valence-corrected chi connectivity index (χ3v) is 4.74. The number of carbonyl (C=O) groups is 1. The van der Waals surface area contributed by atoms with E-state index in [1.165, 1.54) is 6.26 Å². The van der Waals surface area contributed by atoms with Crippen molar-refractivity contribution < 1.29 is 17.6 Å². The van der Waals surface area contributed by atoms with Gasteiger partial charge in [-0.1, -0.05) is 24.6 Å². The molecule has 2 N–H and O–H groups in total. The number of nitrogens with one attached hydrogen (secondary N) is 2. The number of rotatable bonds is 7. The Balaban J connectivity index is 1.88. The van der Waals surface area contributed by atoms with Crippen LogP contribution in [0.4, 0.5) is 5.69 Å². The highest BCUT2D eigenvalue weighted by Gasteiger charge is 2.21. The number of aryl methyl sites for hydroxylation is 1. The van der Waals surface area contributed by atoms with Crippen LogP contribution in [0.2, 0.25) is 0 Å². The van der Waals surface area contributed by atoms with Crippen molar-refractivity contribution >= 4 is 21.6 Å². The second-order valence-electron chi connectivity index (χ2n) is 5.45. The average Bonchev–Trinajstić information content (AvgIpc) is 2.99. The number of amides is 1. The Morgan fingerprint density at radius 1 is 1.22 bits per heavy atom. The molecule has 0 saturated carbocycles. The number of furan rings is 1. The Hall–Kier alpha value is -2.28. The highest BCUT2D eigenvalue weighted by molar-refractivity contribution is 7.92. The van der Waals surface area contributed by atoms with Gasteiger partial charge in [-0.2, -0.15) is 0 Å². The van der Waals surface area contributed by atoms with Crippen molar-refractivity contribution in [3.63, 3.8) is 0 Å². The summed E-state index contributed by atoms with van der Waals surface area (Å²) >= 11 is 0. The molecule has 0 saturated heterocycles. The number of hydrogen-bond donors (Lipinski definition) is 2. The van der Waals surface area contributed by atoms with Crippen LogP contribution >= 0.6 is 0 Å². The van der Waals surface area contributed by atoms with Crippen LogP contribution in [0.5, 0.6) is 0 Å². The summed E-state index contributed by atoms with van der Waals surface area (Å²) in [5.41, 5.74) is 1.53. The van der Waals surface area contributed by atoms with E-state index in [0.717, 1.165) is 5.56 Å². The minimum Gasteiger partial charge on any atom is -0.467 e. The summed E-state index contributed by atoms with van der Waals surface area (Å²) in [7, 11) is -3.60. The van der Waals surface area contributed by atoms with E-state index in [1.807, 2.05) is 19.1 Å². The summed E-state index contributed by atoms with van der Waals surface area (Å²) < 4.78 is 31.8. The van der Waals surface area contributed by atoms with Gasteiger partial charge in [0.05, 0.1) is 24.5 Å². The molecule has 0 aliphatic carbocycles. The summed E-state index contributed by atoms with van der Waals surface area (Å²) in [6, 6.07) is 10.5. The first-order valence-electron chi connectivity index (χ1n) is 7.23. The van der Waals surface area contributed by atoms with Crippen LogP contribution in [0.1, 0.15) is 18.2 Å². The van der Waals surface area contributed by atoms with Crippen molar-refractivity contribution in [1.82, 2.24) is 5.32 Å². The second kappa shape index (κ2) is 7.32. The van der Waals surface area contributed by atoms with Gasteiger partial charge in [0, 0.05) is 5.69 Å². The molecule has 2 aromatic rings. The van der Waals surface area contributed by atoms with Crippen LogP contribution in [-0.4, -0.2) is 20.1 Å². The Labute approximate surface area is 135 Å². The molecule has 23 heavy (non-hydrogen) atoms. The highest BCUT2D eigenvalue weighted by Crippen LogP contribution is 2.12. The standard InChI is InChI=1S/C16H20N2O4S/c1-12-5-7-14(8-6-12)18-23(20,21)11-13(2)16(19)17-10-15-4-3-9-22-15/h3-9,13,18H,10-11H2,1-2H3,(H,17,19). The maximum absolute atomic E-state index is 12.1. The normalized spacial score (nSPS) is 12.6. The molecule has 0 aliphatic rings. The molecule has 1 atom stereocenters. The molecular weight excluding hydrogens is 316 g/mol. The molecule has 0 spiro atoms. The maximum atomic E-state index is 12.1. The summed E-state index contributed by atoms with van der Waals surface area (Å²) in [5.74, 6) is -0.681. The summed E-state index contributed by atoms with van der Waals surface area (Å²) in [6.07, 6.45) is 1.51. The molecule has 0 fully saturated rings. The average molecular weight is 336 g/mol. The number of benzene rings is 1. The van der Waals surface area contributed by atoms with Gasteiger partial charge < -0.3 is 9.73 Å². The number of anilines is 1. The van der Waals surface area contributed by atoms with Crippen LogP contribution < -0.4 is 10.0 Å². The number of carbonyl (C=O) groups excluding carboxylic acids is 1. The molecule has 0 aliphatic heterocycles. The Kier molecular flexibility index (Phi) is 5.44. The van der Waals surface area contributed by atoms with Crippen molar-refractivity contribution in [2.24, 2.45) is 5.92 Å². The van der Waals surface area contributed by atoms with Crippen molar-refractivity contribution in [1.29, 1.82) is 0 Å². The molecule has 1 aromatic heterocycles. The van der Waals surface area contributed by atoms with Gasteiger partial charge in [-0.25, -0.2) is 8.42 Å². The van der Waals surface area contributed by atoms with E-state index in [2.05, 4.69) is 10.0 Å². The number of hydrogen-bond acceptors (Lipinski definition) is 4. The minimum atomic E-state index is -3.60. The molecule has 1 amide bonds. The largest absolute Gasteiger partial charge is 0.467 e.